The number of aryl methyl sites for hydroxylation is 1. The van der Waals surface area contributed by atoms with Gasteiger partial charge >= 0.3 is 5.69 Å². The van der Waals surface area contributed by atoms with Gasteiger partial charge in [-0.25, -0.2) is 0 Å². The molecule has 1 aliphatic rings. The number of phenolic OH excluding ortho intramolecular Hbond substituents is 1. The van der Waals surface area contributed by atoms with Crippen molar-refractivity contribution < 1.29 is 14.8 Å². The molecule has 6 heteroatoms. The Hall–Kier alpha value is -2.11. The van der Waals surface area contributed by atoms with Gasteiger partial charge in [-0.3, -0.25) is 14.9 Å². The summed E-state index contributed by atoms with van der Waals surface area (Å²) in [6, 6.07) is 2.51. The third kappa shape index (κ3) is 1.61. The van der Waals surface area contributed by atoms with Gasteiger partial charge in [0, 0.05) is 24.2 Å². The van der Waals surface area contributed by atoms with Gasteiger partial charge in [-0.15, -0.1) is 0 Å². The van der Waals surface area contributed by atoms with Crippen molar-refractivity contribution in [2.45, 2.75) is 12.8 Å². The van der Waals surface area contributed by atoms with Gasteiger partial charge in [0.25, 0.3) is 0 Å². The molecular weight excluding hydrogens is 200 g/mol. The normalized spacial score (nSPS) is 14.3. The number of benzene rings is 1. The van der Waals surface area contributed by atoms with Crippen LogP contribution in [0.15, 0.2) is 12.1 Å². The van der Waals surface area contributed by atoms with E-state index in [4.69, 9.17) is 0 Å². The number of nitro benzene ring substituents is 1. The molecule has 0 fully saturated rings. The third-order valence-electron chi connectivity index (χ3n) is 2.29. The Balaban J connectivity index is 2.50. The zero-order chi connectivity index (χ0) is 11.0. The first-order valence-corrected chi connectivity index (χ1v) is 4.38. The number of nitrogens with zero attached hydrogens (tertiary/aromatic N) is 1. The van der Waals surface area contributed by atoms with Crippen LogP contribution in [0.2, 0.25) is 0 Å². The number of nitro groups is 1. The summed E-state index contributed by atoms with van der Waals surface area (Å²) >= 11 is 0. The molecule has 0 unspecified atom stereocenters. The number of amides is 1. The van der Waals surface area contributed by atoms with Crippen LogP contribution >= 0.6 is 0 Å². The van der Waals surface area contributed by atoms with Crippen LogP contribution < -0.4 is 5.32 Å². The number of phenols is 1. The summed E-state index contributed by atoms with van der Waals surface area (Å²) in [6.07, 6.45) is 0.775. The molecule has 2 N–H and O–H groups in total. The molecule has 0 aliphatic carbocycles. The van der Waals surface area contributed by atoms with Crippen LogP contribution in [0.5, 0.6) is 5.75 Å². The lowest BCUT2D eigenvalue weighted by molar-refractivity contribution is -0.385. The highest BCUT2D eigenvalue weighted by Crippen LogP contribution is 2.34. The number of carbonyl (C=O) groups is 1. The SMILES string of the molecule is O=C1CCc2cc([N+](=O)[O-])c(O)cc2N1. The minimum atomic E-state index is -0.647. The standard InChI is InChI=1S/C9H8N2O4/c12-8-4-6-5(1-2-9(13)10-6)3-7(8)11(14)15/h3-4,12H,1-2H2,(H,10,13). The molecule has 1 amide bonds. The van der Waals surface area contributed by atoms with E-state index in [1.165, 1.54) is 12.1 Å². The fraction of sp³-hybridized carbons (Fsp3) is 0.222. The van der Waals surface area contributed by atoms with Crippen molar-refractivity contribution in [2.75, 3.05) is 5.32 Å². The van der Waals surface area contributed by atoms with E-state index in [0.29, 0.717) is 24.1 Å². The first kappa shape index (κ1) is 9.45. The lowest BCUT2D eigenvalue weighted by Gasteiger charge is -2.16. The van der Waals surface area contributed by atoms with Crippen LogP contribution in [0.1, 0.15) is 12.0 Å². The number of rotatable bonds is 1. The lowest BCUT2D eigenvalue weighted by atomic mass is 10.0. The molecule has 78 valence electrons. The number of fused-ring (bicyclic) bond motifs is 1. The van der Waals surface area contributed by atoms with Crippen molar-refractivity contribution in [3.63, 3.8) is 0 Å². The van der Waals surface area contributed by atoms with Gasteiger partial charge < -0.3 is 10.4 Å². The molecule has 6 nitrogen and oxygen atoms in total. The smallest absolute Gasteiger partial charge is 0.311 e. The van der Waals surface area contributed by atoms with Crippen molar-refractivity contribution in [1.29, 1.82) is 0 Å². The highest BCUT2D eigenvalue weighted by molar-refractivity contribution is 5.94. The number of hydrogen-bond donors (Lipinski definition) is 2. The van der Waals surface area contributed by atoms with Crippen LogP contribution in [-0.2, 0) is 11.2 Å². The Morgan fingerprint density at radius 1 is 1.40 bits per heavy atom. The molecule has 0 radical (unpaired) electrons. The monoisotopic (exact) mass is 208 g/mol. The van der Waals surface area contributed by atoms with E-state index in [2.05, 4.69) is 5.32 Å². The van der Waals surface area contributed by atoms with Crippen molar-refractivity contribution in [1.82, 2.24) is 0 Å². The molecule has 1 aromatic carbocycles. The summed E-state index contributed by atoms with van der Waals surface area (Å²) in [4.78, 5) is 20.9. The largest absolute Gasteiger partial charge is 0.502 e. The number of hydrogen-bond acceptors (Lipinski definition) is 4. The summed E-state index contributed by atoms with van der Waals surface area (Å²) in [7, 11) is 0. The van der Waals surface area contributed by atoms with Crippen LogP contribution in [0.25, 0.3) is 0 Å². The minimum Gasteiger partial charge on any atom is -0.502 e. The summed E-state index contributed by atoms with van der Waals surface area (Å²) in [6.45, 7) is 0. The summed E-state index contributed by atoms with van der Waals surface area (Å²) in [5.41, 5.74) is 0.804. The lowest BCUT2D eigenvalue weighted by Crippen LogP contribution is -2.18. The Morgan fingerprint density at radius 2 is 2.13 bits per heavy atom. The number of anilines is 1. The molecule has 0 spiro atoms. The topological polar surface area (TPSA) is 92.5 Å². The molecule has 1 aromatic rings. The zero-order valence-corrected chi connectivity index (χ0v) is 7.69. The van der Waals surface area contributed by atoms with Gasteiger partial charge in [-0.05, 0) is 12.0 Å². The summed E-state index contributed by atoms with van der Waals surface area (Å²) in [5, 5.41) is 22.4. The van der Waals surface area contributed by atoms with E-state index < -0.39 is 10.7 Å². The maximum Gasteiger partial charge on any atom is 0.311 e. The average Bonchev–Trinajstić information content (AvgIpc) is 2.15. The van der Waals surface area contributed by atoms with Gasteiger partial charge in [0.15, 0.2) is 5.75 Å². The van der Waals surface area contributed by atoms with Crippen molar-refractivity contribution >= 4 is 17.3 Å². The molecule has 0 saturated heterocycles. The van der Waals surface area contributed by atoms with Gasteiger partial charge in [0.05, 0.1) is 4.92 Å². The molecular formula is C9H8N2O4. The van der Waals surface area contributed by atoms with E-state index in [0.717, 1.165) is 0 Å². The molecule has 1 heterocycles. The van der Waals surface area contributed by atoms with E-state index >= 15 is 0 Å². The molecule has 0 bridgehead atoms. The first-order valence-electron chi connectivity index (χ1n) is 4.38. The zero-order valence-electron chi connectivity index (χ0n) is 7.69. The highest BCUT2D eigenvalue weighted by atomic mass is 16.6. The Labute approximate surface area is 84.7 Å². The predicted molar refractivity (Wildman–Crippen MR) is 51.7 cm³/mol. The number of aromatic hydroxyl groups is 1. The fourth-order valence-electron chi connectivity index (χ4n) is 1.55. The Bertz CT molecular complexity index is 456. The van der Waals surface area contributed by atoms with Gasteiger partial charge in [0.2, 0.25) is 5.91 Å². The van der Waals surface area contributed by atoms with Crippen molar-refractivity contribution in [3.8, 4) is 5.75 Å². The second-order valence-corrected chi connectivity index (χ2v) is 3.30. The predicted octanol–water partition coefficient (Wildman–Crippen LogP) is 1.19. The van der Waals surface area contributed by atoms with Crippen LogP contribution in [0.3, 0.4) is 0 Å². The van der Waals surface area contributed by atoms with E-state index in [1.54, 1.807) is 0 Å². The second kappa shape index (κ2) is 3.23. The number of carbonyl (C=O) groups excluding carboxylic acids is 1. The first-order chi connectivity index (χ1) is 7.08. The van der Waals surface area contributed by atoms with Crippen molar-refractivity contribution in [2.24, 2.45) is 0 Å². The van der Waals surface area contributed by atoms with Gasteiger partial charge in [-0.1, -0.05) is 0 Å². The maximum absolute atomic E-state index is 11.0. The fourth-order valence-corrected chi connectivity index (χ4v) is 1.55. The number of nitrogens with one attached hydrogen (secondary N) is 1. The molecule has 0 aromatic heterocycles. The molecule has 0 atom stereocenters. The van der Waals surface area contributed by atoms with Crippen LogP contribution in [0.4, 0.5) is 11.4 Å². The molecule has 0 saturated carbocycles. The van der Waals surface area contributed by atoms with E-state index in [-0.39, 0.29) is 11.6 Å². The minimum absolute atomic E-state index is 0.143. The summed E-state index contributed by atoms with van der Waals surface area (Å²) in [5.74, 6) is -0.572. The molecule has 1 aliphatic heterocycles. The second-order valence-electron chi connectivity index (χ2n) is 3.30. The van der Waals surface area contributed by atoms with E-state index in [1.807, 2.05) is 0 Å². The quantitative estimate of drug-likeness (QED) is 0.535. The van der Waals surface area contributed by atoms with Crippen LogP contribution in [-0.4, -0.2) is 15.9 Å². The maximum atomic E-state index is 11.0. The van der Waals surface area contributed by atoms with Crippen LogP contribution in [0, 0.1) is 10.1 Å². The van der Waals surface area contributed by atoms with E-state index in [9.17, 15) is 20.0 Å². The Kier molecular flexibility index (Phi) is 2.03. The van der Waals surface area contributed by atoms with Gasteiger partial charge in [-0.2, -0.15) is 0 Å². The molecule has 2 rings (SSSR count). The third-order valence-corrected chi connectivity index (χ3v) is 2.29. The highest BCUT2D eigenvalue weighted by Gasteiger charge is 2.21. The van der Waals surface area contributed by atoms with Gasteiger partial charge in [0.1, 0.15) is 0 Å². The molecule has 15 heavy (non-hydrogen) atoms. The average molecular weight is 208 g/mol. The Morgan fingerprint density at radius 3 is 2.80 bits per heavy atom. The summed E-state index contributed by atoms with van der Waals surface area (Å²) < 4.78 is 0. The van der Waals surface area contributed by atoms with Crippen molar-refractivity contribution in [3.05, 3.63) is 27.8 Å².